The molecule has 132 valence electrons. The van der Waals surface area contributed by atoms with Crippen LogP contribution in [0.3, 0.4) is 0 Å². The Morgan fingerprint density at radius 2 is 1.88 bits per heavy atom. The summed E-state index contributed by atoms with van der Waals surface area (Å²) in [6.07, 6.45) is 1.54. The van der Waals surface area contributed by atoms with Gasteiger partial charge in [0.1, 0.15) is 5.60 Å². The maximum Gasteiger partial charge on any atom is 0.410 e. The molecular weight excluding hydrogens is 310 g/mol. The van der Waals surface area contributed by atoms with E-state index in [9.17, 15) is 9.59 Å². The van der Waals surface area contributed by atoms with Gasteiger partial charge in [0.2, 0.25) is 0 Å². The molecule has 0 heterocycles. The van der Waals surface area contributed by atoms with E-state index in [1.54, 1.807) is 27.7 Å². The minimum absolute atomic E-state index is 0.284. The maximum absolute atomic E-state index is 11.9. The minimum atomic E-state index is -0.673. The zero-order valence-corrected chi connectivity index (χ0v) is 14.6. The number of nitrogens with one attached hydrogen (secondary N) is 1. The van der Waals surface area contributed by atoms with Gasteiger partial charge in [-0.3, -0.25) is 5.32 Å². The van der Waals surface area contributed by atoms with Crippen molar-refractivity contribution < 1.29 is 23.8 Å². The molecule has 1 aromatic rings. The molecule has 1 N–H and O–H groups in total. The highest BCUT2D eigenvalue weighted by atomic mass is 16.6. The highest BCUT2D eigenvalue weighted by Crippen LogP contribution is 2.09. The van der Waals surface area contributed by atoms with Crippen molar-refractivity contribution in [3.05, 3.63) is 48.2 Å². The second kappa shape index (κ2) is 9.60. The standard InChI is InChI=1S/C18H25NO5/c1-5-22-16(20)11-12-23-15(13-14-9-7-6-8-10-14)19-17(21)24-18(2,3)4/h6-12,15H,5,13H2,1-4H3,(H,19,21). The molecule has 0 spiro atoms. The molecule has 0 aliphatic rings. The van der Waals surface area contributed by atoms with Crippen LogP contribution >= 0.6 is 0 Å². The molecule has 6 nitrogen and oxygen atoms in total. The Kier molecular flexibility index (Phi) is 7.82. The minimum Gasteiger partial charge on any atom is -0.478 e. The molecule has 0 saturated carbocycles. The van der Waals surface area contributed by atoms with Crippen LogP contribution in [0, 0.1) is 0 Å². The highest BCUT2D eigenvalue weighted by Gasteiger charge is 2.20. The number of carbonyl (C=O) groups is 2. The van der Waals surface area contributed by atoms with Crippen LogP contribution in [0.2, 0.25) is 0 Å². The van der Waals surface area contributed by atoms with Crippen molar-refractivity contribution >= 4 is 12.1 Å². The first-order valence-corrected chi connectivity index (χ1v) is 7.82. The van der Waals surface area contributed by atoms with Crippen LogP contribution < -0.4 is 5.32 Å². The molecule has 0 aromatic heterocycles. The van der Waals surface area contributed by atoms with Crippen LogP contribution in [0.5, 0.6) is 0 Å². The number of alkyl carbamates (subject to hydrolysis) is 1. The smallest absolute Gasteiger partial charge is 0.410 e. The van der Waals surface area contributed by atoms with Crippen LogP contribution in [0.25, 0.3) is 0 Å². The summed E-state index contributed by atoms with van der Waals surface area (Å²) >= 11 is 0. The van der Waals surface area contributed by atoms with Gasteiger partial charge in [-0.15, -0.1) is 0 Å². The van der Waals surface area contributed by atoms with Crippen molar-refractivity contribution in [2.45, 2.75) is 45.9 Å². The molecule has 6 heteroatoms. The molecule has 1 unspecified atom stereocenters. The lowest BCUT2D eigenvalue weighted by Crippen LogP contribution is -2.41. The predicted molar refractivity (Wildman–Crippen MR) is 90.2 cm³/mol. The highest BCUT2D eigenvalue weighted by molar-refractivity contribution is 5.81. The van der Waals surface area contributed by atoms with Gasteiger partial charge < -0.3 is 14.2 Å². The van der Waals surface area contributed by atoms with E-state index in [-0.39, 0.29) is 6.61 Å². The van der Waals surface area contributed by atoms with Crippen molar-refractivity contribution in [2.75, 3.05) is 6.61 Å². The Morgan fingerprint density at radius 1 is 1.21 bits per heavy atom. The molecule has 1 rings (SSSR count). The predicted octanol–water partition coefficient (Wildman–Crippen LogP) is 3.17. The van der Waals surface area contributed by atoms with Gasteiger partial charge in [-0.25, -0.2) is 9.59 Å². The van der Waals surface area contributed by atoms with Gasteiger partial charge in [0, 0.05) is 6.42 Å². The summed E-state index contributed by atoms with van der Waals surface area (Å²) in [6, 6.07) is 9.54. The Hall–Kier alpha value is -2.50. The van der Waals surface area contributed by atoms with Gasteiger partial charge in [-0.05, 0) is 33.3 Å². The second-order valence-corrected chi connectivity index (χ2v) is 6.02. The zero-order chi connectivity index (χ0) is 18.0. The molecule has 1 atom stereocenters. The fourth-order valence-electron chi connectivity index (χ4n) is 1.78. The van der Waals surface area contributed by atoms with Crippen molar-refractivity contribution in [2.24, 2.45) is 0 Å². The average Bonchev–Trinajstić information content (AvgIpc) is 2.46. The summed E-state index contributed by atoms with van der Waals surface area (Å²) in [7, 11) is 0. The SMILES string of the molecule is CCOC(=O)C=COC(Cc1ccccc1)NC(=O)OC(C)(C)C. The van der Waals surface area contributed by atoms with E-state index in [1.807, 2.05) is 30.3 Å². The largest absolute Gasteiger partial charge is 0.478 e. The van der Waals surface area contributed by atoms with E-state index in [2.05, 4.69) is 5.32 Å². The van der Waals surface area contributed by atoms with E-state index in [0.717, 1.165) is 11.6 Å². The molecule has 0 aliphatic heterocycles. The Balaban J connectivity index is 2.68. The van der Waals surface area contributed by atoms with Gasteiger partial charge in [0.25, 0.3) is 0 Å². The molecular formula is C18H25NO5. The summed E-state index contributed by atoms with van der Waals surface area (Å²) in [5.41, 5.74) is 0.366. The average molecular weight is 335 g/mol. The summed E-state index contributed by atoms with van der Waals surface area (Å²) in [4.78, 5) is 23.2. The van der Waals surface area contributed by atoms with Crippen molar-refractivity contribution in [3.63, 3.8) is 0 Å². The Morgan fingerprint density at radius 3 is 2.46 bits per heavy atom. The maximum atomic E-state index is 11.9. The Labute approximate surface area is 142 Å². The van der Waals surface area contributed by atoms with Gasteiger partial charge in [0.05, 0.1) is 18.9 Å². The summed E-state index contributed by atoms with van der Waals surface area (Å²) < 4.78 is 15.5. The zero-order valence-electron chi connectivity index (χ0n) is 14.6. The molecule has 24 heavy (non-hydrogen) atoms. The number of carbonyl (C=O) groups excluding carboxylic acids is 2. The lowest BCUT2D eigenvalue weighted by atomic mass is 10.1. The molecule has 0 saturated heterocycles. The summed E-state index contributed by atoms with van der Waals surface area (Å²) in [6.45, 7) is 7.34. The number of ether oxygens (including phenoxy) is 3. The number of hydrogen-bond acceptors (Lipinski definition) is 5. The van der Waals surface area contributed by atoms with Gasteiger partial charge in [0.15, 0.2) is 6.23 Å². The topological polar surface area (TPSA) is 73.9 Å². The number of amides is 1. The molecule has 0 bridgehead atoms. The fraction of sp³-hybridized carbons (Fsp3) is 0.444. The van der Waals surface area contributed by atoms with E-state index in [4.69, 9.17) is 14.2 Å². The van der Waals surface area contributed by atoms with E-state index in [0.29, 0.717) is 6.42 Å². The molecule has 1 aromatic carbocycles. The third kappa shape index (κ3) is 8.82. The fourth-order valence-corrected chi connectivity index (χ4v) is 1.78. The lowest BCUT2D eigenvalue weighted by Gasteiger charge is -2.23. The summed E-state index contributed by atoms with van der Waals surface area (Å²) in [5, 5.41) is 2.64. The van der Waals surface area contributed by atoms with E-state index in [1.165, 1.54) is 6.26 Å². The first-order chi connectivity index (χ1) is 11.3. The molecule has 0 fully saturated rings. The van der Waals surface area contributed by atoms with Gasteiger partial charge >= 0.3 is 12.1 Å². The number of esters is 1. The Bertz CT molecular complexity index is 548. The van der Waals surface area contributed by atoms with Gasteiger partial charge in [-0.2, -0.15) is 0 Å². The van der Waals surface area contributed by atoms with Crippen LogP contribution in [0.15, 0.2) is 42.7 Å². The molecule has 0 radical (unpaired) electrons. The van der Waals surface area contributed by atoms with Crippen LogP contribution in [0.1, 0.15) is 33.3 Å². The van der Waals surface area contributed by atoms with Crippen molar-refractivity contribution in [1.29, 1.82) is 0 Å². The first-order valence-electron chi connectivity index (χ1n) is 7.82. The second-order valence-electron chi connectivity index (χ2n) is 6.02. The van der Waals surface area contributed by atoms with Crippen LogP contribution in [-0.2, 0) is 25.4 Å². The monoisotopic (exact) mass is 335 g/mol. The third-order valence-corrected chi connectivity index (χ3v) is 2.68. The van der Waals surface area contributed by atoms with Crippen LogP contribution in [0.4, 0.5) is 4.79 Å². The van der Waals surface area contributed by atoms with Crippen molar-refractivity contribution in [3.8, 4) is 0 Å². The quantitative estimate of drug-likeness (QED) is 0.358. The molecule has 1 amide bonds. The molecule has 0 aliphatic carbocycles. The van der Waals surface area contributed by atoms with E-state index >= 15 is 0 Å². The normalized spacial score (nSPS) is 12.5. The number of benzene rings is 1. The van der Waals surface area contributed by atoms with Crippen molar-refractivity contribution in [1.82, 2.24) is 5.32 Å². The lowest BCUT2D eigenvalue weighted by molar-refractivity contribution is -0.137. The van der Waals surface area contributed by atoms with E-state index < -0.39 is 23.9 Å². The first kappa shape index (κ1) is 19.5. The van der Waals surface area contributed by atoms with Gasteiger partial charge in [-0.1, -0.05) is 30.3 Å². The summed E-state index contributed by atoms with van der Waals surface area (Å²) in [5.74, 6) is -0.506. The number of rotatable bonds is 7. The third-order valence-electron chi connectivity index (χ3n) is 2.68. The number of hydrogen-bond donors (Lipinski definition) is 1. The van der Waals surface area contributed by atoms with Crippen LogP contribution in [-0.4, -0.2) is 30.5 Å².